The van der Waals surface area contributed by atoms with Gasteiger partial charge in [0.15, 0.2) is 0 Å². The fourth-order valence-electron chi connectivity index (χ4n) is 1.82. The van der Waals surface area contributed by atoms with Crippen LogP contribution in [0.3, 0.4) is 0 Å². The highest BCUT2D eigenvalue weighted by Crippen LogP contribution is 2.29. The number of phenolic OH excluding ortho intramolecular Hbond substituents is 1. The van der Waals surface area contributed by atoms with Crippen LogP contribution in [0.2, 0.25) is 0 Å². The summed E-state index contributed by atoms with van der Waals surface area (Å²) in [7, 11) is 0. The van der Waals surface area contributed by atoms with Crippen molar-refractivity contribution in [3.8, 4) is 23.0 Å². The average molecular weight is 407 g/mol. The standard InChI is InChI=1S/C16H11BrN2O4S/c17-10-5-7-11(8-6-10)22-14(21)9-24-16-19-18-15(23-16)12-3-1-2-4-13(12)20/h1-8,20H,9H2. The van der Waals surface area contributed by atoms with Crippen molar-refractivity contribution in [3.63, 3.8) is 0 Å². The molecule has 1 aromatic heterocycles. The third-order valence-electron chi connectivity index (χ3n) is 2.90. The van der Waals surface area contributed by atoms with Gasteiger partial charge in [-0.3, -0.25) is 4.79 Å². The van der Waals surface area contributed by atoms with Crippen LogP contribution in [0.1, 0.15) is 0 Å². The maximum absolute atomic E-state index is 11.8. The molecule has 3 aromatic rings. The summed E-state index contributed by atoms with van der Waals surface area (Å²) in [5, 5.41) is 17.7. The third-order valence-corrected chi connectivity index (χ3v) is 4.22. The number of nitrogens with zero attached hydrogens (tertiary/aromatic N) is 2. The summed E-state index contributed by atoms with van der Waals surface area (Å²) >= 11 is 4.38. The van der Waals surface area contributed by atoms with Crippen molar-refractivity contribution in [1.29, 1.82) is 0 Å². The predicted octanol–water partition coefficient (Wildman–Crippen LogP) is 3.90. The van der Waals surface area contributed by atoms with Gasteiger partial charge in [-0.2, -0.15) is 0 Å². The Morgan fingerprint density at radius 1 is 1.17 bits per heavy atom. The molecule has 0 fully saturated rings. The lowest BCUT2D eigenvalue weighted by Gasteiger charge is -2.02. The van der Waals surface area contributed by atoms with E-state index in [0.29, 0.717) is 11.3 Å². The van der Waals surface area contributed by atoms with E-state index in [-0.39, 0.29) is 22.6 Å². The molecular formula is C16H11BrN2O4S. The minimum atomic E-state index is -0.426. The lowest BCUT2D eigenvalue weighted by Crippen LogP contribution is -2.10. The van der Waals surface area contributed by atoms with E-state index in [0.717, 1.165) is 16.2 Å². The summed E-state index contributed by atoms with van der Waals surface area (Å²) in [5.41, 5.74) is 0.439. The van der Waals surface area contributed by atoms with Crippen molar-refractivity contribution in [2.75, 3.05) is 5.75 Å². The van der Waals surface area contributed by atoms with Gasteiger partial charge >= 0.3 is 5.97 Å². The van der Waals surface area contributed by atoms with Crippen LogP contribution in [0, 0.1) is 0 Å². The Morgan fingerprint density at radius 3 is 2.67 bits per heavy atom. The fourth-order valence-corrected chi connectivity index (χ4v) is 2.62. The smallest absolute Gasteiger partial charge is 0.321 e. The highest BCUT2D eigenvalue weighted by Gasteiger charge is 2.14. The summed E-state index contributed by atoms with van der Waals surface area (Å²) in [4.78, 5) is 11.8. The second kappa shape index (κ2) is 7.50. The molecule has 0 radical (unpaired) electrons. The molecule has 0 aliphatic carbocycles. The molecule has 0 saturated carbocycles. The molecule has 2 aromatic carbocycles. The Morgan fingerprint density at radius 2 is 1.92 bits per heavy atom. The summed E-state index contributed by atoms with van der Waals surface area (Å²) in [6, 6.07) is 13.6. The largest absolute Gasteiger partial charge is 0.507 e. The van der Waals surface area contributed by atoms with Crippen LogP contribution in [0.5, 0.6) is 11.5 Å². The highest BCUT2D eigenvalue weighted by molar-refractivity contribution is 9.10. The van der Waals surface area contributed by atoms with Crippen molar-refractivity contribution >= 4 is 33.7 Å². The van der Waals surface area contributed by atoms with Gasteiger partial charge in [0.1, 0.15) is 17.3 Å². The van der Waals surface area contributed by atoms with Crippen molar-refractivity contribution in [2.24, 2.45) is 0 Å². The number of hydrogen-bond donors (Lipinski definition) is 1. The van der Waals surface area contributed by atoms with E-state index in [9.17, 15) is 9.90 Å². The lowest BCUT2D eigenvalue weighted by atomic mass is 10.2. The van der Waals surface area contributed by atoms with Crippen LogP contribution >= 0.6 is 27.7 Å². The van der Waals surface area contributed by atoms with E-state index >= 15 is 0 Å². The molecule has 0 unspecified atom stereocenters. The van der Waals surface area contributed by atoms with Crippen LogP contribution in [0.25, 0.3) is 11.5 Å². The molecule has 3 rings (SSSR count). The second-order valence-corrected chi connectivity index (χ2v) is 6.45. The quantitative estimate of drug-likeness (QED) is 0.390. The normalized spacial score (nSPS) is 10.5. The zero-order chi connectivity index (χ0) is 16.9. The minimum Gasteiger partial charge on any atom is -0.507 e. The number of carbonyl (C=O) groups is 1. The number of para-hydroxylation sites is 1. The van der Waals surface area contributed by atoms with Gasteiger partial charge in [0, 0.05) is 4.47 Å². The van der Waals surface area contributed by atoms with Gasteiger partial charge in [0.2, 0.25) is 0 Å². The molecule has 0 aliphatic heterocycles. The van der Waals surface area contributed by atoms with Crippen LogP contribution in [0.4, 0.5) is 0 Å². The number of thioether (sulfide) groups is 1. The predicted molar refractivity (Wildman–Crippen MR) is 91.9 cm³/mol. The molecule has 6 nitrogen and oxygen atoms in total. The number of phenols is 1. The number of aromatic hydroxyl groups is 1. The number of ether oxygens (including phenoxy) is 1. The summed E-state index contributed by atoms with van der Waals surface area (Å²) in [6.45, 7) is 0. The van der Waals surface area contributed by atoms with Gasteiger partial charge < -0.3 is 14.3 Å². The van der Waals surface area contributed by atoms with Gasteiger partial charge in [-0.25, -0.2) is 0 Å². The van der Waals surface area contributed by atoms with Gasteiger partial charge in [0.05, 0.1) is 5.56 Å². The molecule has 0 saturated heterocycles. The van der Waals surface area contributed by atoms with E-state index in [4.69, 9.17) is 9.15 Å². The number of carbonyl (C=O) groups excluding carboxylic acids is 1. The minimum absolute atomic E-state index is 0.0263. The van der Waals surface area contributed by atoms with E-state index < -0.39 is 5.97 Å². The number of esters is 1. The van der Waals surface area contributed by atoms with E-state index in [1.54, 1.807) is 42.5 Å². The van der Waals surface area contributed by atoms with Crippen LogP contribution in [0.15, 0.2) is 62.6 Å². The molecule has 0 spiro atoms. The van der Waals surface area contributed by atoms with Gasteiger partial charge in [0.25, 0.3) is 11.1 Å². The Kier molecular flexibility index (Phi) is 5.17. The number of hydrogen-bond acceptors (Lipinski definition) is 7. The van der Waals surface area contributed by atoms with E-state index in [2.05, 4.69) is 26.1 Å². The topological polar surface area (TPSA) is 85.5 Å². The first-order valence-electron chi connectivity index (χ1n) is 6.83. The molecule has 0 atom stereocenters. The fraction of sp³-hybridized carbons (Fsp3) is 0.0625. The average Bonchev–Trinajstić information content (AvgIpc) is 3.04. The highest BCUT2D eigenvalue weighted by atomic mass is 79.9. The molecule has 1 N–H and O–H groups in total. The van der Waals surface area contributed by atoms with Crippen molar-refractivity contribution < 1.29 is 19.1 Å². The van der Waals surface area contributed by atoms with Crippen molar-refractivity contribution in [1.82, 2.24) is 10.2 Å². The molecular weight excluding hydrogens is 396 g/mol. The van der Waals surface area contributed by atoms with E-state index in [1.807, 2.05) is 0 Å². The molecule has 0 aliphatic rings. The number of aromatic nitrogens is 2. The summed E-state index contributed by atoms with van der Waals surface area (Å²) in [6.07, 6.45) is 0. The van der Waals surface area contributed by atoms with Crippen LogP contribution in [-0.2, 0) is 4.79 Å². The zero-order valence-corrected chi connectivity index (χ0v) is 14.6. The van der Waals surface area contributed by atoms with Gasteiger partial charge in [-0.05, 0) is 36.4 Å². The molecule has 0 bridgehead atoms. The monoisotopic (exact) mass is 406 g/mol. The molecule has 122 valence electrons. The molecule has 8 heteroatoms. The molecule has 1 heterocycles. The van der Waals surface area contributed by atoms with Gasteiger partial charge in [-0.1, -0.05) is 39.8 Å². The van der Waals surface area contributed by atoms with Crippen LogP contribution in [-0.4, -0.2) is 27.0 Å². The number of halogens is 1. The summed E-state index contributed by atoms with van der Waals surface area (Å²) < 4.78 is 11.5. The van der Waals surface area contributed by atoms with Crippen molar-refractivity contribution in [3.05, 3.63) is 53.0 Å². The first-order chi connectivity index (χ1) is 11.6. The van der Waals surface area contributed by atoms with Crippen molar-refractivity contribution in [2.45, 2.75) is 5.22 Å². The zero-order valence-electron chi connectivity index (χ0n) is 12.2. The first-order valence-corrected chi connectivity index (χ1v) is 8.60. The SMILES string of the molecule is O=C(CSc1nnc(-c2ccccc2O)o1)Oc1ccc(Br)cc1. The van der Waals surface area contributed by atoms with Gasteiger partial charge in [-0.15, -0.1) is 10.2 Å². The maximum Gasteiger partial charge on any atom is 0.321 e. The molecule has 24 heavy (non-hydrogen) atoms. The Bertz CT molecular complexity index is 851. The second-order valence-electron chi connectivity index (χ2n) is 4.61. The number of benzene rings is 2. The Balaban J connectivity index is 1.58. The summed E-state index contributed by atoms with van der Waals surface area (Å²) in [5.74, 6) is 0.302. The third kappa shape index (κ3) is 4.15. The first kappa shape index (κ1) is 16.5. The van der Waals surface area contributed by atoms with Crippen LogP contribution < -0.4 is 4.74 Å². The maximum atomic E-state index is 11.8. The number of rotatable bonds is 5. The van der Waals surface area contributed by atoms with E-state index in [1.165, 1.54) is 6.07 Å². The Labute approximate surface area is 150 Å². The lowest BCUT2D eigenvalue weighted by molar-refractivity contribution is -0.131. The Hall–Kier alpha value is -2.32. The molecule has 0 amide bonds.